The van der Waals surface area contributed by atoms with Gasteiger partial charge in [-0.25, -0.2) is 0 Å². The van der Waals surface area contributed by atoms with Crippen LogP contribution in [0.25, 0.3) is 0 Å². The zero-order valence-electron chi connectivity index (χ0n) is 6.49. The molecule has 64 valence electrons. The third kappa shape index (κ3) is 9.47. The fourth-order valence-electron chi connectivity index (χ4n) is 0.448. The quantitative estimate of drug-likeness (QED) is 0.578. The molecule has 1 aromatic heterocycles. The van der Waals surface area contributed by atoms with E-state index in [0.717, 1.165) is 5.69 Å². The molecule has 1 heterocycles. The maximum Gasteiger partial charge on any atom is 0.0372 e. The van der Waals surface area contributed by atoms with Crippen molar-refractivity contribution in [3.63, 3.8) is 0 Å². The van der Waals surface area contributed by atoms with Gasteiger partial charge in [0.2, 0.25) is 0 Å². The first kappa shape index (κ1) is 16.8. The normalized spacial score (nSPS) is 5.91. The molecule has 0 atom stereocenters. The Morgan fingerprint density at radius 1 is 1.18 bits per heavy atom. The summed E-state index contributed by atoms with van der Waals surface area (Å²) in [6, 6.07) is 5.86. The molecule has 0 saturated heterocycles. The molecule has 0 aliphatic rings. The molecular formula is C8H13Cl2N. The molecule has 0 amide bonds. The van der Waals surface area contributed by atoms with Crippen LogP contribution >= 0.6 is 24.8 Å². The minimum absolute atomic E-state index is 0. The second kappa shape index (κ2) is 12.2. The van der Waals surface area contributed by atoms with Crippen LogP contribution in [0.4, 0.5) is 0 Å². The van der Waals surface area contributed by atoms with Gasteiger partial charge in [0.1, 0.15) is 0 Å². The van der Waals surface area contributed by atoms with Crippen LogP contribution in [0.5, 0.6) is 0 Å². The summed E-state index contributed by atoms with van der Waals surface area (Å²) in [7, 11) is 0. The Balaban J connectivity index is -0.000000149. The van der Waals surface area contributed by atoms with Crippen LogP contribution in [0.15, 0.2) is 37.6 Å². The average Bonchev–Trinajstić information content (AvgIpc) is 1.94. The van der Waals surface area contributed by atoms with E-state index < -0.39 is 0 Å². The lowest BCUT2D eigenvalue weighted by atomic mass is 10.4. The summed E-state index contributed by atoms with van der Waals surface area (Å²) in [5.41, 5.74) is 1.07. The molecule has 0 aliphatic heterocycles. The number of rotatable bonds is 0. The van der Waals surface area contributed by atoms with Crippen LogP contribution in [-0.2, 0) is 0 Å². The summed E-state index contributed by atoms with van der Waals surface area (Å²) >= 11 is 0. The Morgan fingerprint density at radius 2 is 1.73 bits per heavy atom. The smallest absolute Gasteiger partial charge is 0.0372 e. The van der Waals surface area contributed by atoms with E-state index in [4.69, 9.17) is 0 Å². The summed E-state index contributed by atoms with van der Waals surface area (Å²) in [5, 5.41) is 0. The molecule has 0 fully saturated rings. The van der Waals surface area contributed by atoms with Crippen molar-refractivity contribution in [1.82, 2.24) is 4.98 Å². The molecule has 0 N–H and O–H groups in total. The molecule has 0 aromatic carbocycles. The summed E-state index contributed by atoms with van der Waals surface area (Å²) in [6.07, 6.45) is 1.79. The standard InChI is InChI=1S/C6H7N.C2H4.2ClH/c1-6-4-2-3-5-7-6;1-2;;/h2-5H,1H3;1-2H2;2*1H. The fourth-order valence-corrected chi connectivity index (χ4v) is 0.448. The van der Waals surface area contributed by atoms with Crippen LogP contribution < -0.4 is 0 Å². The van der Waals surface area contributed by atoms with Crippen molar-refractivity contribution in [2.75, 3.05) is 0 Å². The first-order chi connectivity index (χ1) is 4.39. The number of halogens is 2. The van der Waals surface area contributed by atoms with Gasteiger partial charge in [-0.15, -0.1) is 38.0 Å². The zero-order chi connectivity index (χ0) is 7.11. The van der Waals surface area contributed by atoms with Crippen molar-refractivity contribution in [3.8, 4) is 0 Å². The van der Waals surface area contributed by atoms with Crippen LogP contribution in [0.2, 0.25) is 0 Å². The number of pyridine rings is 1. The Morgan fingerprint density at radius 3 is 1.91 bits per heavy atom. The van der Waals surface area contributed by atoms with Crippen molar-refractivity contribution < 1.29 is 0 Å². The number of aromatic nitrogens is 1. The van der Waals surface area contributed by atoms with E-state index in [1.54, 1.807) is 6.20 Å². The van der Waals surface area contributed by atoms with E-state index in [-0.39, 0.29) is 24.8 Å². The summed E-state index contributed by atoms with van der Waals surface area (Å²) < 4.78 is 0. The monoisotopic (exact) mass is 193 g/mol. The molecule has 0 bridgehead atoms. The Kier molecular flexibility index (Phi) is 18.6. The molecule has 0 aliphatic carbocycles. The van der Waals surface area contributed by atoms with Crippen molar-refractivity contribution in [2.45, 2.75) is 6.92 Å². The Hall–Kier alpha value is -0.530. The SMILES string of the molecule is C=C.Cc1ccccn1.Cl.Cl. The van der Waals surface area contributed by atoms with Crippen molar-refractivity contribution >= 4 is 24.8 Å². The first-order valence-corrected chi connectivity index (χ1v) is 2.77. The highest BCUT2D eigenvalue weighted by Gasteiger charge is 1.73. The van der Waals surface area contributed by atoms with Gasteiger partial charge in [0.15, 0.2) is 0 Å². The predicted molar refractivity (Wildman–Crippen MR) is 54.7 cm³/mol. The molecule has 0 saturated carbocycles. The third-order valence-corrected chi connectivity index (χ3v) is 0.813. The molecule has 0 spiro atoms. The fraction of sp³-hybridized carbons (Fsp3) is 0.125. The van der Waals surface area contributed by atoms with Crippen molar-refractivity contribution in [3.05, 3.63) is 43.2 Å². The van der Waals surface area contributed by atoms with Gasteiger partial charge in [-0.3, -0.25) is 4.98 Å². The second-order valence-corrected chi connectivity index (χ2v) is 1.47. The van der Waals surface area contributed by atoms with E-state index in [2.05, 4.69) is 18.1 Å². The van der Waals surface area contributed by atoms with Gasteiger partial charge in [-0.2, -0.15) is 0 Å². The lowest BCUT2D eigenvalue weighted by Gasteiger charge is -1.82. The Labute approximate surface area is 80.4 Å². The molecule has 0 unspecified atom stereocenters. The highest BCUT2D eigenvalue weighted by molar-refractivity contribution is 5.85. The van der Waals surface area contributed by atoms with E-state index in [1.165, 1.54) is 0 Å². The number of hydrogen-bond acceptors (Lipinski definition) is 1. The lowest BCUT2D eigenvalue weighted by molar-refractivity contribution is 1.20. The molecular weight excluding hydrogens is 181 g/mol. The van der Waals surface area contributed by atoms with Crippen LogP contribution in [0, 0.1) is 6.92 Å². The molecule has 1 rings (SSSR count). The minimum Gasteiger partial charge on any atom is -0.262 e. The second-order valence-electron chi connectivity index (χ2n) is 1.47. The van der Waals surface area contributed by atoms with Crippen LogP contribution in [0.3, 0.4) is 0 Å². The van der Waals surface area contributed by atoms with E-state index >= 15 is 0 Å². The average molecular weight is 194 g/mol. The van der Waals surface area contributed by atoms with Gasteiger partial charge in [0.25, 0.3) is 0 Å². The highest BCUT2D eigenvalue weighted by atomic mass is 35.5. The van der Waals surface area contributed by atoms with Crippen LogP contribution in [0.1, 0.15) is 5.69 Å². The molecule has 0 radical (unpaired) electrons. The van der Waals surface area contributed by atoms with Gasteiger partial charge >= 0.3 is 0 Å². The minimum atomic E-state index is 0. The van der Waals surface area contributed by atoms with Crippen molar-refractivity contribution in [1.29, 1.82) is 0 Å². The molecule has 1 aromatic rings. The maximum absolute atomic E-state index is 3.98. The molecule has 11 heavy (non-hydrogen) atoms. The van der Waals surface area contributed by atoms with Crippen LogP contribution in [-0.4, -0.2) is 4.98 Å². The lowest BCUT2D eigenvalue weighted by Crippen LogP contribution is -1.72. The van der Waals surface area contributed by atoms with E-state index in [0.29, 0.717) is 0 Å². The van der Waals surface area contributed by atoms with E-state index in [9.17, 15) is 0 Å². The summed E-state index contributed by atoms with van der Waals surface area (Å²) in [6.45, 7) is 7.97. The molecule has 1 nitrogen and oxygen atoms in total. The van der Waals surface area contributed by atoms with Gasteiger partial charge in [-0.1, -0.05) is 6.07 Å². The third-order valence-electron chi connectivity index (χ3n) is 0.813. The van der Waals surface area contributed by atoms with Gasteiger partial charge < -0.3 is 0 Å². The summed E-state index contributed by atoms with van der Waals surface area (Å²) in [5.74, 6) is 0. The van der Waals surface area contributed by atoms with E-state index in [1.807, 2.05) is 25.1 Å². The van der Waals surface area contributed by atoms with Gasteiger partial charge in [0.05, 0.1) is 0 Å². The number of aryl methyl sites for hydroxylation is 1. The maximum atomic E-state index is 3.98. The largest absolute Gasteiger partial charge is 0.262 e. The predicted octanol–water partition coefficient (Wildman–Crippen LogP) is 3.04. The molecule has 3 heteroatoms. The highest BCUT2D eigenvalue weighted by Crippen LogP contribution is 1.85. The van der Waals surface area contributed by atoms with Crippen molar-refractivity contribution in [2.24, 2.45) is 0 Å². The summed E-state index contributed by atoms with van der Waals surface area (Å²) in [4.78, 5) is 3.98. The topological polar surface area (TPSA) is 12.9 Å². The first-order valence-electron chi connectivity index (χ1n) is 2.77. The number of hydrogen-bond donors (Lipinski definition) is 0. The number of nitrogens with zero attached hydrogens (tertiary/aromatic N) is 1. The Bertz CT molecular complexity index is 153. The van der Waals surface area contributed by atoms with Gasteiger partial charge in [-0.05, 0) is 19.1 Å². The van der Waals surface area contributed by atoms with Gasteiger partial charge in [0, 0.05) is 11.9 Å². The zero-order valence-corrected chi connectivity index (χ0v) is 8.12.